The molecule has 1 atom stereocenters. The van der Waals surface area contributed by atoms with E-state index in [1.165, 1.54) is 0 Å². The van der Waals surface area contributed by atoms with Gasteiger partial charge in [0, 0.05) is 17.9 Å². The molecule has 1 aliphatic rings. The Hall–Kier alpha value is -2.76. The zero-order valence-corrected chi connectivity index (χ0v) is 17.5. The molecule has 150 valence electrons. The Kier molecular flexibility index (Phi) is 6.96. The summed E-state index contributed by atoms with van der Waals surface area (Å²) in [6.45, 7) is 2.33. The molecule has 2 N–H and O–H groups in total. The maximum Gasteiger partial charge on any atom is 0.270 e. The minimum absolute atomic E-state index is 0.0547. The summed E-state index contributed by atoms with van der Waals surface area (Å²) < 4.78 is 5.32. The van der Waals surface area contributed by atoms with Crippen molar-refractivity contribution in [1.82, 2.24) is 10.3 Å². The van der Waals surface area contributed by atoms with Crippen LogP contribution in [-0.4, -0.2) is 29.9 Å². The van der Waals surface area contributed by atoms with Gasteiger partial charge in [-0.1, -0.05) is 28.1 Å². The van der Waals surface area contributed by atoms with Crippen molar-refractivity contribution in [3.8, 4) is 6.07 Å². The molecule has 2 aromatic rings. The zero-order valence-electron chi connectivity index (χ0n) is 15.9. The number of nitrogens with zero attached hydrogens (tertiary/aromatic N) is 2. The minimum Gasteiger partial charge on any atom is -0.350 e. The smallest absolute Gasteiger partial charge is 0.270 e. The zero-order chi connectivity index (χ0) is 20.8. The van der Waals surface area contributed by atoms with Crippen molar-refractivity contribution < 1.29 is 14.3 Å². The average molecular weight is 457 g/mol. The first-order valence-electron chi connectivity index (χ1n) is 9.27. The molecule has 0 aliphatic heterocycles. The van der Waals surface area contributed by atoms with Crippen molar-refractivity contribution >= 4 is 33.4 Å². The number of nitriles is 1. The number of aryl methyl sites for hydroxylation is 1. The number of nitrogens with one attached hydrogen (secondary N) is 2. The van der Waals surface area contributed by atoms with Gasteiger partial charge in [-0.25, -0.2) is 4.98 Å². The molecule has 0 radical (unpaired) electrons. The van der Waals surface area contributed by atoms with Crippen LogP contribution in [0.3, 0.4) is 0 Å². The van der Waals surface area contributed by atoms with Crippen molar-refractivity contribution in [3.05, 3.63) is 58.9 Å². The number of alkyl halides is 1. The molecule has 1 saturated carbocycles. The lowest BCUT2D eigenvalue weighted by Crippen LogP contribution is -2.29. The van der Waals surface area contributed by atoms with E-state index in [2.05, 4.69) is 31.5 Å². The molecule has 1 aromatic carbocycles. The van der Waals surface area contributed by atoms with Crippen LogP contribution in [0.5, 0.6) is 0 Å². The topological polar surface area (TPSA) is 104 Å². The highest BCUT2D eigenvalue weighted by Crippen LogP contribution is 2.28. The Balaban J connectivity index is 1.75. The predicted molar refractivity (Wildman–Crippen MR) is 112 cm³/mol. The monoisotopic (exact) mass is 456 g/mol. The number of carbonyl (C=O) groups is 2. The maximum atomic E-state index is 12.8. The van der Waals surface area contributed by atoms with E-state index >= 15 is 0 Å². The first kappa shape index (κ1) is 21.0. The van der Waals surface area contributed by atoms with Gasteiger partial charge in [-0.2, -0.15) is 5.26 Å². The number of anilines is 1. The fourth-order valence-corrected chi connectivity index (χ4v) is 3.14. The van der Waals surface area contributed by atoms with Crippen molar-refractivity contribution in [2.45, 2.75) is 24.8 Å². The van der Waals surface area contributed by atoms with E-state index in [0.717, 1.165) is 18.4 Å². The molecule has 2 amide bonds. The number of carbonyl (C=O) groups excluding carboxylic acids is 2. The van der Waals surface area contributed by atoms with Gasteiger partial charge in [0.2, 0.25) is 0 Å². The lowest BCUT2D eigenvalue weighted by atomic mass is 10.1. The number of pyridine rings is 1. The lowest BCUT2D eigenvalue weighted by Gasteiger charge is -2.13. The fourth-order valence-electron chi connectivity index (χ4n) is 2.72. The van der Waals surface area contributed by atoms with Crippen LogP contribution in [-0.2, 0) is 4.74 Å². The van der Waals surface area contributed by atoms with E-state index in [-0.39, 0.29) is 23.8 Å². The Morgan fingerprint density at radius 3 is 2.83 bits per heavy atom. The molecule has 3 rings (SSSR count). The standard InChI is InChI=1S/C21H21BrN4O3/c1-13-5-8-17(18(25-13)21(28)24-12-14-6-7-14)20(27)26-16-4-2-3-15(11-16)19(22)29-10-9-23/h2-5,8,11,14,19H,6-7,10,12H2,1H3,(H,24,28)(H,26,27). The largest absolute Gasteiger partial charge is 0.350 e. The van der Waals surface area contributed by atoms with E-state index in [0.29, 0.717) is 23.8 Å². The third-order valence-electron chi connectivity index (χ3n) is 4.44. The minimum atomic E-state index is -0.469. The maximum absolute atomic E-state index is 12.8. The second kappa shape index (κ2) is 9.63. The van der Waals surface area contributed by atoms with E-state index in [9.17, 15) is 9.59 Å². The van der Waals surface area contributed by atoms with Crippen LogP contribution in [0.2, 0.25) is 0 Å². The highest BCUT2D eigenvalue weighted by Gasteiger charge is 2.24. The van der Waals surface area contributed by atoms with Gasteiger partial charge < -0.3 is 15.4 Å². The predicted octanol–water partition coefficient (Wildman–Crippen LogP) is 3.72. The van der Waals surface area contributed by atoms with E-state index < -0.39 is 10.9 Å². The number of halogens is 1. The lowest BCUT2D eigenvalue weighted by molar-refractivity contribution is 0.0933. The second-order valence-electron chi connectivity index (χ2n) is 6.87. The van der Waals surface area contributed by atoms with Crippen LogP contribution >= 0.6 is 15.9 Å². The molecule has 8 heteroatoms. The average Bonchev–Trinajstić information content (AvgIpc) is 3.54. The summed E-state index contributed by atoms with van der Waals surface area (Å²) in [6.07, 6.45) is 2.25. The van der Waals surface area contributed by atoms with Gasteiger partial charge in [0.15, 0.2) is 0 Å². The third kappa shape index (κ3) is 5.86. The van der Waals surface area contributed by atoms with Crippen LogP contribution in [0.4, 0.5) is 5.69 Å². The fraction of sp³-hybridized carbons (Fsp3) is 0.333. The second-order valence-corrected chi connectivity index (χ2v) is 7.70. The first-order valence-corrected chi connectivity index (χ1v) is 10.2. The van der Waals surface area contributed by atoms with Crippen LogP contribution in [0, 0.1) is 24.2 Å². The first-order chi connectivity index (χ1) is 14.0. The Labute approximate surface area is 177 Å². The summed E-state index contributed by atoms with van der Waals surface area (Å²) in [5.74, 6) is -0.232. The van der Waals surface area contributed by atoms with E-state index in [1.54, 1.807) is 37.3 Å². The van der Waals surface area contributed by atoms with Crippen LogP contribution in [0.25, 0.3) is 0 Å². The van der Waals surface area contributed by atoms with Crippen LogP contribution in [0.15, 0.2) is 36.4 Å². The number of rotatable bonds is 8. The van der Waals surface area contributed by atoms with Gasteiger partial charge in [0.1, 0.15) is 17.3 Å². The number of ether oxygens (including phenoxy) is 1. The van der Waals surface area contributed by atoms with Gasteiger partial charge in [0.25, 0.3) is 11.8 Å². The molecule has 1 heterocycles. The van der Waals surface area contributed by atoms with Gasteiger partial charge in [-0.05, 0) is 55.5 Å². The van der Waals surface area contributed by atoms with E-state index in [1.807, 2.05) is 12.1 Å². The van der Waals surface area contributed by atoms with Crippen molar-refractivity contribution in [3.63, 3.8) is 0 Å². The number of amides is 2. The Morgan fingerprint density at radius 2 is 2.10 bits per heavy atom. The Morgan fingerprint density at radius 1 is 1.31 bits per heavy atom. The van der Waals surface area contributed by atoms with Crippen molar-refractivity contribution in [1.29, 1.82) is 5.26 Å². The summed E-state index contributed by atoms with van der Waals surface area (Å²) in [6, 6.07) is 12.3. The highest BCUT2D eigenvalue weighted by molar-refractivity contribution is 9.09. The van der Waals surface area contributed by atoms with Gasteiger partial charge in [-0.3, -0.25) is 9.59 Å². The summed E-state index contributed by atoms with van der Waals surface area (Å²) in [7, 11) is 0. The van der Waals surface area contributed by atoms with Crippen molar-refractivity contribution in [2.75, 3.05) is 18.5 Å². The number of hydrogen-bond acceptors (Lipinski definition) is 5. The summed E-state index contributed by atoms with van der Waals surface area (Å²) >= 11 is 3.36. The molecule has 1 aromatic heterocycles. The molecule has 0 spiro atoms. The van der Waals surface area contributed by atoms with Crippen LogP contribution in [0.1, 0.15) is 50.0 Å². The van der Waals surface area contributed by atoms with E-state index in [4.69, 9.17) is 10.00 Å². The number of aromatic nitrogens is 1. The SMILES string of the molecule is Cc1ccc(C(=O)Nc2cccc(C(Br)OCC#N)c2)c(C(=O)NCC2CC2)n1. The van der Waals surface area contributed by atoms with Gasteiger partial charge >= 0.3 is 0 Å². The summed E-state index contributed by atoms with van der Waals surface area (Å²) in [5, 5.41) is 13.8. The molecule has 0 saturated heterocycles. The Bertz CT molecular complexity index is 953. The number of hydrogen-bond donors (Lipinski definition) is 2. The molecular weight excluding hydrogens is 436 g/mol. The molecular formula is C21H21BrN4O3. The van der Waals surface area contributed by atoms with Gasteiger partial charge in [-0.15, -0.1) is 0 Å². The molecule has 0 bridgehead atoms. The van der Waals surface area contributed by atoms with Crippen LogP contribution < -0.4 is 10.6 Å². The molecule has 1 aliphatic carbocycles. The summed E-state index contributed by atoms with van der Waals surface area (Å²) in [5.41, 5.74) is 2.29. The molecule has 7 nitrogen and oxygen atoms in total. The molecule has 29 heavy (non-hydrogen) atoms. The normalized spacial score (nSPS) is 14.0. The molecule has 1 fully saturated rings. The summed E-state index contributed by atoms with van der Waals surface area (Å²) in [4.78, 5) is 29.7. The van der Waals surface area contributed by atoms with Crippen molar-refractivity contribution in [2.24, 2.45) is 5.92 Å². The third-order valence-corrected chi connectivity index (χ3v) is 5.24. The molecule has 1 unspecified atom stereocenters. The number of benzene rings is 1. The van der Waals surface area contributed by atoms with Gasteiger partial charge in [0.05, 0.1) is 11.6 Å². The highest BCUT2D eigenvalue weighted by atomic mass is 79.9. The quantitative estimate of drug-likeness (QED) is 0.588.